The van der Waals surface area contributed by atoms with E-state index in [1.807, 2.05) is 12.1 Å². The molecule has 136 valence electrons. The van der Waals surface area contributed by atoms with Crippen LogP contribution in [0.25, 0.3) is 0 Å². The smallest absolute Gasteiger partial charge is 0.339 e. The summed E-state index contributed by atoms with van der Waals surface area (Å²) in [4.78, 5) is 24.4. The molecule has 1 N–H and O–H groups in total. The third-order valence-corrected chi connectivity index (χ3v) is 4.62. The van der Waals surface area contributed by atoms with Crippen LogP contribution in [0, 0.1) is 0 Å². The molecule has 1 aliphatic rings. The number of anilines is 1. The van der Waals surface area contributed by atoms with E-state index >= 15 is 0 Å². The molecule has 2 aromatic rings. The van der Waals surface area contributed by atoms with Crippen LogP contribution in [0.3, 0.4) is 0 Å². The van der Waals surface area contributed by atoms with Gasteiger partial charge in [0.05, 0.1) is 18.4 Å². The van der Waals surface area contributed by atoms with Crippen molar-refractivity contribution in [2.75, 3.05) is 12.4 Å². The van der Waals surface area contributed by atoms with Crippen LogP contribution in [0.4, 0.5) is 5.69 Å². The summed E-state index contributed by atoms with van der Waals surface area (Å²) >= 11 is 0. The summed E-state index contributed by atoms with van der Waals surface area (Å²) in [5.41, 5.74) is 3.23. The number of nitrogens with one attached hydrogen (secondary N) is 1. The second kappa shape index (κ2) is 8.04. The summed E-state index contributed by atoms with van der Waals surface area (Å²) in [6.07, 6.45) is 3.68. The topological polar surface area (TPSA) is 64.6 Å². The van der Waals surface area contributed by atoms with Gasteiger partial charge < -0.3 is 14.8 Å². The quantitative estimate of drug-likeness (QED) is 0.832. The number of fused-ring (bicyclic) bond motifs is 1. The largest absolute Gasteiger partial charge is 0.481 e. The molecule has 1 atom stereocenters. The third-order valence-electron chi connectivity index (χ3n) is 4.62. The Morgan fingerprint density at radius 3 is 2.62 bits per heavy atom. The van der Waals surface area contributed by atoms with E-state index < -0.39 is 12.1 Å². The number of carbonyl (C=O) groups is 2. The van der Waals surface area contributed by atoms with Crippen molar-refractivity contribution >= 4 is 17.6 Å². The number of para-hydroxylation sites is 1. The maximum Gasteiger partial charge on any atom is 0.339 e. The van der Waals surface area contributed by atoms with E-state index in [2.05, 4.69) is 11.4 Å². The van der Waals surface area contributed by atoms with Gasteiger partial charge in [-0.05, 0) is 61.9 Å². The zero-order valence-electron chi connectivity index (χ0n) is 15.1. The molecule has 0 saturated carbocycles. The first-order valence-electron chi connectivity index (χ1n) is 8.85. The van der Waals surface area contributed by atoms with Crippen molar-refractivity contribution in [3.63, 3.8) is 0 Å². The molecule has 1 amide bonds. The van der Waals surface area contributed by atoms with E-state index in [1.165, 1.54) is 24.7 Å². The normalized spacial score (nSPS) is 14.1. The first-order valence-corrected chi connectivity index (χ1v) is 8.85. The van der Waals surface area contributed by atoms with Gasteiger partial charge in [0.15, 0.2) is 6.10 Å². The van der Waals surface area contributed by atoms with Crippen LogP contribution < -0.4 is 10.1 Å². The van der Waals surface area contributed by atoms with Gasteiger partial charge in [0, 0.05) is 0 Å². The van der Waals surface area contributed by atoms with E-state index in [-0.39, 0.29) is 5.91 Å². The van der Waals surface area contributed by atoms with Gasteiger partial charge in [-0.1, -0.05) is 24.3 Å². The molecule has 2 aromatic carbocycles. The number of rotatable bonds is 5. The fourth-order valence-corrected chi connectivity index (χ4v) is 3.22. The van der Waals surface area contributed by atoms with Crippen molar-refractivity contribution in [3.8, 4) is 5.75 Å². The summed E-state index contributed by atoms with van der Waals surface area (Å²) < 4.78 is 10.7. The Bertz CT molecular complexity index is 815. The van der Waals surface area contributed by atoms with Crippen LogP contribution in [0.2, 0.25) is 0 Å². The number of hydrogen-bond acceptors (Lipinski definition) is 4. The molecule has 5 heteroatoms. The average Bonchev–Trinajstić information content (AvgIpc) is 2.68. The highest BCUT2D eigenvalue weighted by atomic mass is 16.5. The molecule has 0 aliphatic heterocycles. The van der Waals surface area contributed by atoms with E-state index in [9.17, 15) is 9.59 Å². The Kier molecular flexibility index (Phi) is 5.56. The van der Waals surface area contributed by atoms with Crippen LogP contribution in [-0.4, -0.2) is 25.1 Å². The first kappa shape index (κ1) is 18.0. The van der Waals surface area contributed by atoms with Crippen molar-refractivity contribution in [2.45, 2.75) is 38.7 Å². The van der Waals surface area contributed by atoms with Gasteiger partial charge in [0.2, 0.25) is 0 Å². The fourth-order valence-electron chi connectivity index (χ4n) is 3.22. The average molecular weight is 353 g/mol. The van der Waals surface area contributed by atoms with Gasteiger partial charge in [-0.15, -0.1) is 0 Å². The molecule has 3 rings (SSSR count). The number of aryl methyl sites for hydroxylation is 1. The Morgan fingerprint density at radius 1 is 1.04 bits per heavy atom. The zero-order valence-corrected chi connectivity index (χ0v) is 15.1. The van der Waals surface area contributed by atoms with Crippen molar-refractivity contribution in [3.05, 3.63) is 59.2 Å². The molecule has 26 heavy (non-hydrogen) atoms. The van der Waals surface area contributed by atoms with Crippen molar-refractivity contribution < 1.29 is 19.1 Å². The number of esters is 1. The molecule has 0 saturated heterocycles. The zero-order chi connectivity index (χ0) is 18.5. The number of benzene rings is 2. The molecule has 0 aromatic heterocycles. The summed E-state index contributed by atoms with van der Waals surface area (Å²) in [6, 6.07) is 12.8. The minimum absolute atomic E-state index is 0.310. The van der Waals surface area contributed by atoms with Crippen molar-refractivity contribution in [2.24, 2.45) is 0 Å². The van der Waals surface area contributed by atoms with Crippen LogP contribution in [0.5, 0.6) is 5.75 Å². The second-order valence-electron chi connectivity index (χ2n) is 6.39. The highest BCUT2D eigenvalue weighted by molar-refractivity contribution is 6.02. The van der Waals surface area contributed by atoms with Gasteiger partial charge in [-0.2, -0.15) is 0 Å². The molecule has 0 heterocycles. The van der Waals surface area contributed by atoms with E-state index in [0.29, 0.717) is 11.3 Å². The maximum atomic E-state index is 12.6. The lowest BCUT2D eigenvalue weighted by Gasteiger charge is -2.22. The van der Waals surface area contributed by atoms with Crippen LogP contribution in [0.15, 0.2) is 42.5 Å². The lowest BCUT2D eigenvalue weighted by molar-refractivity contribution is -0.122. The molecule has 0 spiro atoms. The Labute approximate surface area is 153 Å². The number of hydrogen-bond donors (Lipinski definition) is 1. The highest BCUT2D eigenvalue weighted by Gasteiger charge is 2.21. The monoisotopic (exact) mass is 353 g/mol. The SMILES string of the molecule is COC(=O)c1ccccc1NC(=O)[C@@H](C)Oc1cccc2c1CCCC2. The van der Waals surface area contributed by atoms with Crippen molar-refractivity contribution in [1.29, 1.82) is 0 Å². The van der Waals surface area contributed by atoms with E-state index in [1.54, 1.807) is 31.2 Å². The molecule has 0 bridgehead atoms. The van der Waals surface area contributed by atoms with Crippen molar-refractivity contribution in [1.82, 2.24) is 0 Å². The van der Waals surface area contributed by atoms with Crippen LogP contribution in [-0.2, 0) is 22.4 Å². The van der Waals surface area contributed by atoms with E-state index in [0.717, 1.165) is 25.0 Å². The fraction of sp³-hybridized carbons (Fsp3) is 0.333. The summed E-state index contributed by atoms with van der Waals surface area (Å²) in [6.45, 7) is 1.71. The van der Waals surface area contributed by atoms with Gasteiger partial charge in [-0.3, -0.25) is 4.79 Å². The molecule has 0 fully saturated rings. The molecular formula is C21H23NO4. The number of methoxy groups -OCH3 is 1. The lowest BCUT2D eigenvalue weighted by Crippen LogP contribution is -2.31. The summed E-state index contributed by atoms with van der Waals surface area (Å²) in [5, 5.41) is 2.76. The predicted molar refractivity (Wildman–Crippen MR) is 99.6 cm³/mol. The Balaban J connectivity index is 1.73. The summed E-state index contributed by atoms with van der Waals surface area (Å²) in [5.74, 6) is -0.0348. The molecule has 1 aliphatic carbocycles. The number of ether oxygens (including phenoxy) is 2. The number of carbonyl (C=O) groups excluding carboxylic acids is 2. The van der Waals surface area contributed by atoms with Crippen LogP contribution >= 0.6 is 0 Å². The number of amides is 1. The predicted octanol–water partition coefficient (Wildman–Crippen LogP) is 3.76. The molecule has 0 radical (unpaired) electrons. The first-order chi connectivity index (χ1) is 12.6. The second-order valence-corrected chi connectivity index (χ2v) is 6.39. The third kappa shape index (κ3) is 3.87. The van der Waals surface area contributed by atoms with Gasteiger partial charge >= 0.3 is 5.97 Å². The minimum atomic E-state index is -0.686. The van der Waals surface area contributed by atoms with E-state index in [4.69, 9.17) is 9.47 Å². The Hall–Kier alpha value is -2.82. The summed E-state index contributed by atoms with van der Waals surface area (Å²) in [7, 11) is 1.31. The standard InChI is InChI=1S/C21H23NO4/c1-14(26-19-13-7-9-15-8-3-4-10-16(15)19)20(23)22-18-12-6-5-11-17(18)21(24)25-2/h5-7,9,11-14H,3-4,8,10H2,1-2H3,(H,22,23)/t14-/m1/s1. The molecule has 5 nitrogen and oxygen atoms in total. The highest BCUT2D eigenvalue weighted by Crippen LogP contribution is 2.30. The lowest BCUT2D eigenvalue weighted by atomic mass is 9.91. The Morgan fingerprint density at radius 2 is 1.81 bits per heavy atom. The van der Waals surface area contributed by atoms with Gasteiger partial charge in [0.1, 0.15) is 5.75 Å². The van der Waals surface area contributed by atoms with Gasteiger partial charge in [0.25, 0.3) is 5.91 Å². The van der Waals surface area contributed by atoms with Crippen LogP contribution in [0.1, 0.15) is 41.3 Å². The maximum absolute atomic E-state index is 12.6. The molecule has 0 unspecified atom stereocenters. The molecular weight excluding hydrogens is 330 g/mol. The van der Waals surface area contributed by atoms with Gasteiger partial charge in [-0.25, -0.2) is 4.79 Å². The minimum Gasteiger partial charge on any atom is -0.481 e.